The van der Waals surface area contributed by atoms with Crippen LogP contribution >= 0.6 is 0 Å². The van der Waals surface area contributed by atoms with Gasteiger partial charge in [0.05, 0.1) is 35.8 Å². The fourth-order valence-electron chi connectivity index (χ4n) is 3.80. The summed E-state index contributed by atoms with van der Waals surface area (Å²) in [4.78, 5) is 0.330. The van der Waals surface area contributed by atoms with Gasteiger partial charge in [0.15, 0.2) is 0 Å². The minimum absolute atomic E-state index is 0.0485. The summed E-state index contributed by atoms with van der Waals surface area (Å²) in [7, 11) is -3.58. The molecule has 2 fully saturated rings. The average Bonchev–Trinajstić information content (AvgIpc) is 3.08. The van der Waals surface area contributed by atoms with Crippen LogP contribution in [-0.4, -0.2) is 47.8 Å². The lowest BCUT2D eigenvalue weighted by Gasteiger charge is -2.30. The maximum absolute atomic E-state index is 13.3. The van der Waals surface area contributed by atoms with E-state index in [2.05, 4.69) is 5.10 Å². The largest absolute Gasteiger partial charge is 0.376 e. The van der Waals surface area contributed by atoms with E-state index in [-0.39, 0.29) is 12.1 Å². The van der Waals surface area contributed by atoms with E-state index >= 15 is 0 Å². The summed E-state index contributed by atoms with van der Waals surface area (Å²) in [5.74, 6) is 0. The van der Waals surface area contributed by atoms with Gasteiger partial charge in [-0.25, -0.2) is 13.1 Å². The Balaban J connectivity index is 1.77. The minimum atomic E-state index is -3.58. The first-order valence-electron chi connectivity index (χ1n) is 8.23. The second-order valence-electron chi connectivity index (χ2n) is 6.50. The molecule has 2 bridgehead atoms. The van der Waals surface area contributed by atoms with Gasteiger partial charge >= 0.3 is 0 Å². The highest BCUT2D eigenvalue weighted by atomic mass is 32.2. The number of para-hydroxylation sites is 1. The molecule has 0 N–H and O–H groups in total. The number of sulfonamides is 1. The number of aromatic nitrogens is 2. The number of fused-ring (bicyclic) bond motifs is 2. The zero-order chi connectivity index (χ0) is 16.9. The van der Waals surface area contributed by atoms with E-state index in [0.29, 0.717) is 29.4 Å². The van der Waals surface area contributed by atoms with E-state index in [9.17, 15) is 8.42 Å². The first-order valence-corrected chi connectivity index (χ1v) is 9.67. The molecule has 6 nitrogen and oxygen atoms in total. The normalized spacial score (nSPS) is 24.4. The van der Waals surface area contributed by atoms with Crippen molar-refractivity contribution in [3.05, 3.63) is 41.7 Å². The van der Waals surface area contributed by atoms with Crippen molar-refractivity contribution in [3.8, 4) is 5.69 Å². The highest BCUT2D eigenvalue weighted by Gasteiger charge is 2.43. The lowest BCUT2D eigenvalue weighted by molar-refractivity contribution is 0.110. The van der Waals surface area contributed by atoms with Crippen LogP contribution in [0.25, 0.3) is 5.69 Å². The Hall–Kier alpha value is -1.70. The number of aryl methyl sites for hydroxylation is 1. The van der Waals surface area contributed by atoms with Crippen LogP contribution in [0, 0.1) is 13.8 Å². The van der Waals surface area contributed by atoms with Gasteiger partial charge in [-0.05, 0) is 38.8 Å². The molecule has 2 unspecified atom stereocenters. The van der Waals surface area contributed by atoms with Gasteiger partial charge in [0.25, 0.3) is 0 Å². The monoisotopic (exact) mass is 347 g/mol. The van der Waals surface area contributed by atoms with Crippen LogP contribution in [0.4, 0.5) is 0 Å². The standard InChI is InChI=1S/C17H21N3O3S/c1-12-17(13(2)20(18-12)14-6-4-3-5-7-14)24(21,22)19-9-8-16-10-15(19)11-23-16/h3-7,15-16H,8-11H2,1-2H3. The summed E-state index contributed by atoms with van der Waals surface area (Å²) in [6.45, 7) is 4.59. The van der Waals surface area contributed by atoms with Crippen LogP contribution in [0.2, 0.25) is 0 Å². The smallest absolute Gasteiger partial charge is 0.247 e. The highest BCUT2D eigenvalue weighted by molar-refractivity contribution is 7.89. The van der Waals surface area contributed by atoms with Crippen molar-refractivity contribution in [2.45, 2.75) is 43.7 Å². The molecule has 0 radical (unpaired) electrons. The summed E-state index contributed by atoms with van der Waals surface area (Å²) in [6, 6.07) is 9.56. The second kappa shape index (κ2) is 5.68. The van der Waals surface area contributed by atoms with Crippen LogP contribution in [0.3, 0.4) is 0 Å². The molecule has 2 saturated heterocycles. The third-order valence-corrected chi connectivity index (χ3v) is 7.14. The van der Waals surface area contributed by atoms with Gasteiger partial charge in [-0.2, -0.15) is 9.40 Å². The molecule has 2 atom stereocenters. The topological polar surface area (TPSA) is 64.4 Å². The third kappa shape index (κ3) is 2.39. The van der Waals surface area contributed by atoms with Crippen molar-refractivity contribution in [1.82, 2.24) is 14.1 Å². The zero-order valence-electron chi connectivity index (χ0n) is 13.8. The van der Waals surface area contributed by atoms with Crippen molar-refractivity contribution in [2.24, 2.45) is 0 Å². The van der Waals surface area contributed by atoms with Crippen LogP contribution in [0.1, 0.15) is 24.2 Å². The predicted molar refractivity (Wildman–Crippen MR) is 89.7 cm³/mol. The molecule has 2 aliphatic heterocycles. The number of hydrogen-bond acceptors (Lipinski definition) is 4. The summed E-state index contributed by atoms with van der Waals surface area (Å²) < 4.78 is 35.5. The zero-order valence-corrected chi connectivity index (χ0v) is 14.7. The van der Waals surface area contributed by atoms with Crippen molar-refractivity contribution in [3.63, 3.8) is 0 Å². The average molecular weight is 347 g/mol. The second-order valence-corrected chi connectivity index (χ2v) is 8.32. The lowest BCUT2D eigenvalue weighted by Crippen LogP contribution is -2.44. The number of nitrogens with zero attached hydrogens (tertiary/aromatic N) is 3. The molecular weight excluding hydrogens is 326 g/mol. The molecule has 0 amide bonds. The van der Waals surface area contributed by atoms with Crippen molar-refractivity contribution < 1.29 is 13.2 Å². The van der Waals surface area contributed by atoms with Crippen molar-refractivity contribution in [1.29, 1.82) is 0 Å². The van der Waals surface area contributed by atoms with Crippen LogP contribution in [-0.2, 0) is 14.8 Å². The Labute approximate surface area is 142 Å². The van der Waals surface area contributed by atoms with Gasteiger partial charge in [0.2, 0.25) is 10.0 Å². The van der Waals surface area contributed by atoms with E-state index in [1.165, 1.54) is 0 Å². The highest BCUT2D eigenvalue weighted by Crippen LogP contribution is 2.34. The van der Waals surface area contributed by atoms with Gasteiger partial charge in [-0.1, -0.05) is 18.2 Å². The van der Waals surface area contributed by atoms with Gasteiger partial charge in [-0.3, -0.25) is 0 Å². The molecule has 2 aromatic rings. The molecule has 7 heteroatoms. The summed E-state index contributed by atoms with van der Waals surface area (Å²) in [6.07, 6.45) is 1.78. The summed E-state index contributed by atoms with van der Waals surface area (Å²) in [5, 5.41) is 4.48. The summed E-state index contributed by atoms with van der Waals surface area (Å²) in [5.41, 5.74) is 2.06. The molecule has 0 aliphatic carbocycles. The number of benzene rings is 1. The first-order chi connectivity index (χ1) is 11.5. The van der Waals surface area contributed by atoms with E-state index in [1.54, 1.807) is 15.9 Å². The van der Waals surface area contributed by atoms with Gasteiger partial charge in [0, 0.05) is 6.54 Å². The Bertz CT molecular complexity index is 861. The van der Waals surface area contributed by atoms with Crippen molar-refractivity contribution >= 4 is 10.0 Å². The lowest BCUT2D eigenvalue weighted by atomic mass is 10.1. The molecule has 4 rings (SSSR count). The van der Waals surface area contributed by atoms with E-state index < -0.39 is 10.0 Å². The van der Waals surface area contributed by atoms with Crippen LogP contribution in [0.5, 0.6) is 0 Å². The fraction of sp³-hybridized carbons (Fsp3) is 0.471. The number of rotatable bonds is 3. The van der Waals surface area contributed by atoms with Gasteiger partial charge < -0.3 is 4.74 Å². The maximum atomic E-state index is 13.3. The van der Waals surface area contributed by atoms with Gasteiger partial charge in [0.1, 0.15) is 4.90 Å². The molecule has 2 aliphatic rings. The molecule has 24 heavy (non-hydrogen) atoms. The van der Waals surface area contributed by atoms with Crippen LogP contribution < -0.4 is 0 Å². The third-order valence-electron chi connectivity index (χ3n) is 4.93. The van der Waals surface area contributed by atoms with E-state index in [4.69, 9.17) is 4.74 Å². The number of ether oxygens (including phenoxy) is 1. The molecule has 1 aromatic heterocycles. The predicted octanol–water partition coefficient (Wildman–Crippen LogP) is 2.04. The molecule has 3 heterocycles. The Morgan fingerprint density at radius 1 is 1.21 bits per heavy atom. The first kappa shape index (κ1) is 15.8. The molecular formula is C17H21N3O3S. The Kier molecular flexibility index (Phi) is 3.74. The van der Waals surface area contributed by atoms with Crippen LogP contribution in [0.15, 0.2) is 35.2 Å². The van der Waals surface area contributed by atoms with Gasteiger partial charge in [-0.15, -0.1) is 0 Å². The maximum Gasteiger partial charge on any atom is 0.247 e. The number of piperidine rings is 1. The number of hydrogen-bond donors (Lipinski definition) is 0. The van der Waals surface area contributed by atoms with Crippen molar-refractivity contribution in [2.75, 3.05) is 13.2 Å². The Morgan fingerprint density at radius 2 is 1.96 bits per heavy atom. The minimum Gasteiger partial charge on any atom is -0.376 e. The SMILES string of the molecule is Cc1nn(-c2ccccc2)c(C)c1S(=O)(=O)N1CCC2CC1CO2. The Morgan fingerprint density at radius 3 is 2.71 bits per heavy atom. The molecule has 128 valence electrons. The fourth-order valence-corrected chi connectivity index (χ4v) is 5.79. The molecule has 1 aromatic carbocycles. The quantitative estimate of drug-likeness (QED) is 0.852. The van der Waals surface area contributed by atoms with E-state index in [0.717, 1.165) is 18.5 Å². The molecule has 0 saturated carbocycles. The molecule has 0 spiro atoms. The summed E-state index contributed by atoms with van der Waals surface area (Å²) >= 11 is 0. The van der Waals surface area contributed by atoms with E-state index in [1.807, 2.05) is 37.3 Å².